The van der Waals surface area contributed by atoms with Gasteiger partial charge in [0.1, 0.15) is 0 Å². The van der Waals surface area contributed by atoms with E-state index in [9.17, 15) is 0 Å². The second kappa shape index (κ2) is 7.58. The zero-order valence-electron chi connectivity index (χ0n) is 11.1. The first-order valence-corrected chi connectivity index (χ1v) is 7.60. The van der Waals surface area contributed by atoms with Crippen LogP contribution in [0.5, 0.6) is 0 Å². The number of allylic oxidation sites excluding steroid dienone is 4. The zero-order valence-corrected chi connectivity index (χ0v) is 11.1. The summed E-state index contributed by atoms with van der Waals surface area (Å²) in [7, 11) is 0. The van der Waals surface area contributed by atoms with Crippen LogP contribution in [0.2, 0.25) is 0 Å². The van der Waals surface area contributed by atoms with Crippen LogP contribution in [0.1, 0.15) is 77.0 Å². The first-order valence-electron chi connectivity index (χ1n) is 7.60. The molecule has 0 saturated carbocycles. The van der Waals surface area contributed by atoms with Crippen molar-refractivity contribution in [1.82, 2.24) is 5.32 Å². The van der Waals surface area contributed by atoms with E-state index in [1.165, 1.54) is 88.4 Å². The van der Waals surface area contributed by atoms with Crippen LogP contribution in [0.15, 0.2) is 23.5 Å². The molecule has 1 heteroatoms. The van der Waals surface area contributed by atoms with Crippen molar-refractivity contribution >= 4 is 0 Å². The summed E-state index contributed by atoms with van der Waals surface area (Å²) >= 11 is 0. The van der Waals surface area contributed by atoms with Crippen molar-refractivity contribution in [3.63, 3.8) is 0 Å². The highest BCUT2D eigenvalue weighted by Gasteiger charge is 2.05. The summed E-state index contributed by atoms with van der Waals surface area (Å²) in [5, 5.41) is 3.72. The molecule has 0 unspecified atom stereocenters. The van der Waals surface area contributed by atoms with Crippen molar-refractivity contribution in [1.29, 1.82) is 0 Å². The Morgan fingerprint density at radius 3 is 1.59 bits per heavy atom. The van der Waals surface area contributed by atoms with Crippen LogP contribution in [0.25, 0.3) is 0 Å². The molecule has 0 spiro atoms. The van der Waals surface area contributed by atoms with Gasteiger partial charge in [0.25, 0.3) is 0 Å². The van der Waals surface area contributed by atoms with E-state index in [0.717, 1.165) is 0 Å². The summed E-state index contributed by atoms with van der Waals surface area (Å²) < 4.78 is 0. The molecular weight excluding hydrogens is 206 g/mol. The van der Waals surface area contributed by atoms with Crippen molar-refractivity contribution in [3.05, 3.63) is 23.5 Å². The zero-order chi connectivity index (χ0) is 11.8. The van der Waals surface area contributed by atoms with Gasteiger partial charge in [0.05, 0.1) is 0 Å². The van der Waals surface area contributed by atoms with Crippen LogP contribution in [0.3, 0.4) is 0 Å². The molecule has 0 amide bonds. The fraction of sp³-hybridized carbons (Fsp3) is 0.750. The Labute approximate surface area is 106 Å². The summed E-state index contributed by atoms with van der Waals surface area (Å²) in [6.07, 6.45) is 21.1. The van der Waals surface area contributed by atoms with E-state index in [4.69, 9.17) is 0 Å². The maximum Gasteiger partial charge on any atom is 0.0108 e. The van der Waals surface area contributed by atoms with Gasteiger partial charge in [-0.1, -0.05) is 37.8 Å². The predicted octanol–water partition coefficient (Wildman–Crippen LogP) is 5.05. The Kier molecular flexibility index (Phi) is 5.67. The second-order valence-corrected chi connectivity index (χ2v) is 5.49. The fourth-order valence-electron chi connectivity index (χ4n) is 2.82. The topological polar surface area (TPSA) is 12.0 Å². The quantitative estimate of drug-likeness (QED) is 0.703. The summed E-state index contributed by atoms with van der Waals surface area (Å²) in [6.45, 7) is 0. The monoisotopic (exact) mass is 233 g/mol. The lowest BCUT2D eigenvalue weighted by Crippen LogP contribution is -2.14. The average Bonchev–Trinajstić information content (AvgIpc) is 2.24. The van der Waals surface area contributed by atoms with Crippen LogP contribution in [0.4, 0.5) is 0 Å². The van der Waals surface area contributed by atoms with Gasteiger partial charge in [-0.3, -0.25) is 0 Å². The summed E-state index contributed by atoms with van der Waals surface area (Å²) in [4.78, 5) is 0. The van der Waals surface area contributed by atoms with E-state index < -0.39 is 0 Å². The number of rotatable bonds is 2. The minimum Gasteiger partial charge on any atom is -0.363 e. The molecule has 2 aliphatic rings. The molecule has 2 rings (SSSR count). The van der Waals surface area contributed by atoms with Gasteiger partial charge in [-0.2, -0.15) is 0 Å². The third kappa shape index (κ3) is 4.97. The molecule has 0 heterocycles. The van der Waals surface area contributed by atoms with Crippen LogP contribution >= 0.6 is 0 Å². The molecule has 0 aromatic heterocycles. The fourth-order valence-corrected chi connectivity index (χ4v) is 2.82. The SMILES string of the molecule is C1=C(NC2=CCCCCCC2)CCCCCC1. The standard InChI is InChI=1S/C16H27N/c1-3-7-11-15(12-8-4-1)17-16-13-9-5-2-6-10-14-16/h11,13,17H,1-10,12,14H2. The number of hydrogen-bond acceptors (Lipinski definition) is 1. The van der Waals surface area contributed by atoms with Gasteiger partial charge in [0, 0.05) is 11.4 Å². The van der Waals surface area contributed by atoms with Crippen molar-refractivity contribution in [2.75, 3.05) is 0 Å². The lowest BCUT2D eigenvalue weighted by Gasteiger charge is -2.18. The highest BCUT2D eigenvalue weighted by molar-refractivity contribution is 5.12. The van der Waals surface area contributed by atoms with Gasteiger partial charge in [-0.25, -0.2) is 0 Å². The third-order valence-electron chi connectivity index (χ3n) is 3.90. The maximum atomic E-state index is 3.72. The van der Waals surface area contributed by atoms with Crippen LogP contribution in [-0.4, -0.2) is 0 Å². The van der Waals surface area contributed by atoms with E-state index in [1.54, 1.807) is 0 Å². The van der Waals surface area contributed by atoms with Crippen molar-refractivity contribution < 1.29 is 0 Å². The van der Waals surface area contributed by atoms with Crippen LogP contribution in [0, 0.1) is 0 Å². The maximum absolute atomic E-state index is 3.72. The second-order valence-electron chi connectivity index (χ2n) is 5.49. The Bertz CT molecular complexity index is 247. The molecule has 2 aliphatic carbocycles. The Balaban J connectivity index is 1.88. The summed E-state index contributed by atoms with van der Waals surface area (Å²) in [6, 6.07) is 0. The largest absolute Gasteiger partial charge is 0.363 e. The highest BCUT2D eigenvalue weighted by Crippen LogP contribution is 2.20. The number of hydrogen-bond donors (Lipinski definition) is 1. The molecule has 0 bridgehead atoms. The Morgan fingerprint density at radius 2 is 1.06 bits per heavy atom. The minimum absolute atomic E-state index is 1.26. The van der Waals surface area contributed by atoms with Crippen molar-refractivity contribution in [2.45, 2.75) is 77.0 Å². The Morgan fingerprint density at radius 1 is 0.588 bits per heavy atom. The molecule has 17 heavy (non-hydrogen) atoms. The lowest BCUT2D eigenvalue weighted by atomic mass is 10.0. The molecule has 0 atom stereocenters. The molecule has 96 valence electrons. The molecule has 0 aliphatic heterocycles. The molecule has 0 radical (unpaired) electrons. The highest BCUT2D eigenvalue weighted by atomic mass is 14.9. The minimum atomic E-state index is 1.26. The molecule has 0 aromatic rings. The normalized spacial score (nSPS) is 23.5. The van der Waals surface area contributed by atoms with Gasteiger partial charge in [-0.15, -0.1) is 0 Å². The van der Waals surface area contributed by atoms with E-state index in [1.807, 2.05) is 0 Å². The van der Waals surface area contributed by atoms with Crippen molar-refractivity contribution in [3.8, 4) is 0 Å². The van der Waals surface area contributed by atoms with Gasteiger partial charge in [0.2, 0.25) is 0 Å². The first kappa shape index (κ1) is 12.7. The molecule has 0 saturated heterocycles. The van der Waals surface area contributed by atoms with Crippen LogP contribution < -0.4 is 5.32 Å². The van der Waals surface area contributed by atoms with Crippen molar-refractivity contribution in [2.24, 2.45) is 0 Å². The predicted molar refractivity (Wildman–Crippen MR) is 74.7 cm³/mol. The molecule has 1 N–H and O–H groups in total. The van der Waals surface area contributed by atoms with E-state index >= 15 is 0 Å². The molecule has 0 aromatic carbocycles. The third-order valence-corrected chi connectivity index (χ3v) is 3.90. The lowest BCUT2D eigenvalue weighted by molar-refractivity contribution is 0.587. The first-order chi connectivity index (χ1) is 8.45. The van der Waals surface area contributed by atoms with Gasteiger partial charge in [0.15, 0.2) is 0 Å². The average molecular weight is 233 g/mol. The summed E-state index contributed by atoms with van der Waals surface area (Å²) in [5.41, 5.74) is 2.99. The Hall–Kier alpha value is -0.720. The summed E-state index contributed by atoms with van der Waals surface area (Å²) in [5.74, 6) is 0. The molecule has 0 fully saturated rings. The van der Waals surface area contributed by atoms with E-state index in [-0.39, 0.29) is 0 Å². The molecule has 1 nitrogen and oxygen atoms in total. The molecular formula is C16H27N. The number of nitrogens with one attached hydrogen (secondary N) is 1. The van der Waals surface area contributed by atoms with Gasteiger partial charge in [-0.05, 0) is 51.4 Å². The van der Waals surface area contributed by atoms with Gasteiger partial charge >= 0.3 is 0 Å². The van der Waals surface area contributed by atoms with E-state index in [0.29, 0.717) is 0 Å². The van der Waals surface area contributed by atoms with Crippen LogP contribution in [-0.2, 0) is 0 Å². The smallest absolute Gasteiger partial charge is 0.0108 e. The van der Waals surface area contributed by atoms with E-state index in [2.05, 4.69) is 17.5 Å². The van der Waals surface area contributed by atoms with Gasteiger partial charge < -0.3 is 5.32 Å².